The molecule has 8 rings (SSSR count). The number of aromatic nitrogens is 4. The number of aromatic amines is 1. The smallest absolute Gasteiger partial charge is 0.422 e. The minimum atomic E-state index is -4.46. The molecule has 0 aliphatic heterocycles. The number of halogens is 3. The van der Waals surface area contributed by atoms with Gasteiger partial charge in [-0.2, -0.15) is 18.4 Å². The fraction of sp³-hybridized carbons (Fsp3) is 0.556. The maximum Gasteiger partial charge on any atom is 0.422 e. The van der Waals surface area contributed by atoms with Gasteiger partial charge in [0.05, 0.1) is 11.0 Å². The number of carbonyl (C=O) groups excluding carboxylic acids is 1. The number of H-pyrrole nitrogens is 1. The number of tetrazole rings is 1. The summed E-state index contributed by atoms with van der Waals surface area (Å²) in [5, 5.41) is 16.4. The van der Waals surface area contributed by atoms with Crippen LogP contribution in [0.5, 0.6) is 5.75 Å². The third kappa shape index (κ3) is 1.40. The fourth-order valence-corrected chi connectivity index (χ4v) is 7.47. The van der Waals surface area contributed by atoms with Gasteiger partial charge < -0.3 is 10.1 Å². The lowest BCUT2D eigenvalue weighted by Gasteiger charge is -3.06. The largest absolute Gasteiger partial charge is 0.483 e. The molecular weight excluding hydrogens is 375 g/mol. The molecular formula is C18H14F3N5O2. The topological polar surface area (TPSA) is 92.8 Å². The first-order chi connectivity index (χ1) is 13.4. The van der Waals surface area contributed by atoms with Crippen molar-refractivity contribution in [3.05, 3.63) is 18.2 Å². The maximum absolute atomic E-state index is 13.0. The van der Waals surface area contributed by atoms with Gasteiger partial charge in [-0.3, -0.25) is 4.79 Å². The number of hydrogen-bond acceptors (Lipinski definition) is 5. The molecule has 1 aromatic carbocycles. The summed E-state index contributed by atoms with van der Waals surface area (Å²) in [6.07, 6.45) is -4.46. The summed E-state index contributed by atoms with van der Waals surface area (Å²) < 4.78 is 42.5. The summed E-state index contributed by atoms with van der Waals surface area (Å²) in [5.41, 5.74) is 0.579. The first kappa shape index (κ1) is 15.3. The van der Waals surface area contributed by atoms with Crippen molar-refractivity contribution in [2.24, 2.45) is 46.8 Å². The zero-order chi connectivity index (χ0) is 19.0. The number of nitrogens with zero attached hydrogens (tertiary/aromatic N) is 3. The highest BCUT2D eigenvalue weighted by Gasteiger charge is 3.06. The standard InChI is InChI=1S/C18H14F3N5O2/c19-17(20,21)4-28-7-2-1-5(3-6(7)15-23-25-26-24-15)22-16(27)18-12-9-8-10(12)14(18)11(8)13(9)18/h1-3,8-14H,4H2,(H,22,27)(H,23,24,25,26). The van der Waals surface area contributed by atoms with E-state index in [1.54, 1.807) is 6.07 Å². The van der Waals surface area contributed by atoms with Crippen molar-refractivity contribution in [1.29, 1.82) is 0 Å². The predicted octanol–water partition coefficient (Wildman–Crippen LogP) is 2.11. The quantitative estimate of drug-likeness (QED) is 0.817. The Morgan fingerprint density at radius 2 is 1.89 bits per heavy atom. The molecule has 0 radical (unpaired) electrons. The summed E-state index contributed by atoms with van der Waals surface area (Å²) in [7, 11) is 0. The number of anilines is 1. The van der Waals surface area contributed by atoms with Crippen LogP contribution in [-0.2, 0) is 4.79 Å². The number of alkyl halides is 3. The van der Waals surface area contributed by atoms with Gasteiger partial charge in [0.25, 0.3) is 0 Å². The second kappa shape index (κ2) is 4.33. The van der Waals surface area contributed by atoms with Crippen LogP contribution in [-0.4, -0.2) is 39.3 Å². The van der Waals surface area contributed by atoms with Gasteiger partial charge in [-0.25, -0.2) is 0 Å². The molecule has 0 saturated heterocycles. The highest BCUT2D eigenvalue weighted by atomic mass is 19.4. The Morgan fingerprint density at radius 1 is 1.18 bits per heavy atom. The normalized spacial score (nSPS) is 42.2. The molecule has 10 heteroatoms. The monoisotopic (exact) mass is 389 g/mol. The second-order valence-electron chi connectivity index (χ2n) is 8.62. The zero-order valence-corrected chi connectivity index (χ0v) is 14.3. The Bertz CT molecular complexity index is 986. The molecule has 1 heterocycles. The number of ether oxygens (including phenoxy) is 1. The molecule has 0 bridgehead atoms. The van der Waals surface area contributed by atoms with Crippen LogP contribution in [0.3, 0.4) is 0 Å². The molecule has 1 amide bonds. The molecule has 28 heavy (non-hydrogen) atoms. The Morgan fingerprint density at radius 3 is 2.50 bits per heavy atom. The third-order valence-electron chi connectivity index (χ3n) is 8.08. The highest BCUT2D eigenvalue weighted by Crippen LogP contribution is 3.05. The summed E-state index contributed by atoms with van der Waals surface area (Å²) in [5.74, 6) is 5.15. The van der Waals surface area contributed by atoms with Crippen molar-refractivity contribution in [2.45, 2.75) is 6.18 Å². The van der Waals surface area contributed by atoms with Crippen LogP contribution in [0.1, 0.15) is 0 Å². The van der Waals surface area contributed by atoms with Gasteiger partial charge in [0, 0.05) is 5.69 Å². The lowest BCUT2D eigenvalue weighted by atomic mass is 8.96. The zero-order valence-electron chi connectivity index (χ0n) is 14.3. The summed E-state index contributed by atoms with van der Waals surface area (Å²) in [6.45, 7) is -1.43. The predicted molar refractivity (Wildman–Crippen MR) is 86.7 cm³/mol. The van der Waals surface area contributed by atoms with Gasteiger partial charge in [0.2, 0.25) is 11.7 Å². The molecule has 0 spiro atoms. The maximum atomic E-state index is 13.0. The minimum Gasteiger partial charge on any atom is -0.483 e. The van der Waals surface area contributed by atoms with E-state index < -0.39 is 12.8 Å². The number of amides is 1. The van der Waals surface area contributed by atoms with Crippen molar-refractivity contribution < 1.29 is 22.7 Å². The van der Waals surface area contributed by atoms with Gasteiger partial charge in [0.1, 0.15) is 5.75 Å². The van der Waals surface area contributed by atoms with Crippen LogP contribution in [0.25, 0.3) is 11.4 Å². The van der Waals surface area contributed by atoms with Crippen LogP contribution in [0, 0.1) is 46.8 Å². The number of rotatable bonds is 5. The molecule has 0 unspecified atom stereocenters. The Hall–Kier alpha value is -2.65. The fourth-order valence-electron chi connectivity index (χ4n) is 7.47. The Kier molecular flexibility index (Phi) is 2.37. The van der Waals surface area contributed by atoms with Crippen LogP contribution in [0.15, 0.2) is 18.2 Å². The molecule has 1 aromatic heterocycles. The number of benzene rings is 1. The van der Waals surface area contributed by atoms with E-state index in [9.17, 15) is 18.0 Å². The van der Waals surface area contributed by atoms with Crippen molar-refractivity contribution >= 4 is 11.6 Å². The highest BCUT2D eigenvalue weighted by molar-refractivity contribution is 6.01. The molecule has 6 saturated carbocycles. The van der Waals surface area contributed by atoms with Crippen LogP contribution >= 0.6 is 0 Å². The summed E-state index contributed by atoms with van der Waals surface area (Å²) in [6, 6.07) is 4.48. The molecule has 144 valence electrons. The van der Waals surface area contributed by atoms with Gasteiger partial charge in [-0.05, 0) is 64.8 Å². The van der Waals surface area contributed by atoms with E-state index in [0.717, 1.165) is 23.7 Å². The van der Waals surface area contributed by atoms with E-state index in [0.29, 0.717) is 23.4 Å². The average Bonchev–Trinajstić information content (AvgIpc) is 3.21. The van der Waals surface area contributed by atoms with Gasteiger partial charge >= 0.3 is 6.18 Å². The van der Waals surface area contributed by atoms with E-state index >= 15 is 0 Å². The van der Waals surface area contributed by atoms with Crippen molar-refractivity contribution in [2.75, 3.05) is 11.9 Å². The summed E-state index contributed by atoms with van der Waals surface area (Å²) >= 11 is 0. The number of hydrogen-bond donors (Lipinski definition) is 2. The second-order valence-corrected chi connectivity index (χ2v) is 8.62. The summed E-state index contributed by atoms with van der Waals surface area (Å²) in [4.78, 5) is 13.0. The Balaban J connectivity index is 1.16. The number of carbonyl (C=O) groups is 1. The van der Waals surface area contributed by atoms with Gasteiger partial charge in [-0.1, -0.05) is 0 Å². The molecule has 2 N–H and O–H groups in total. The number of nitrogens with one attached hydrogen (secondary N) is 2. The van der Waals surface area contributed by atoms with E-state index in [1.807, 2.05) is 0 Å². The van der Waals surface area contributed by atoms with Crippen LogP contribution in [0.2, 0.25) is 0 Å². The minimum absolute atomic E-state index is 0.0202. The Labute approximate surface area is 156 Å². The van der Waals surface area contributed by atoms with Crippen LogP contribution < -0.4 is 10.1 Å². The van der Waals surface area contributed by atoms with Crippen LogP contribution in [0.4, 0.5) is 18.9 Å². The molecule has 2 aromatic rings. The first-order valence-corrected chi connectivity index (χ1v) is 9.32. The van der Waals surface area contributed by atoms with Crippen molar-refractivity contribution in [3.63, 3.8) is 0 Å². The van der Waals surface area contributed by atoms with E-state index in [1.165, 1.54) is 12.1 Å². The molecule has 6 aliphatic rings. The lowest BCUT2D eigenvalue weighted by molar-refractivity contribution is -0.595. The van der Waals surface area contributed by atoms with Gasteiger partial charge in [-0.15, -0.1) is 10.2 Å². The van der Waals surface area contributed by atoms with E-state index in [2.05, 4.69) is 25.9 Å². The molecule has 6 fully saturated rings. The van der Waals surface area contributed by atoms with E-state index in [4.69, 9.17) is 4.74 Å². The third-order valence-corrected chi connectivity index (χ3v) is 8.08. The first-order valence-electron chi connectivity index (χ1n) is 9.32. The molecule has 0 atom stereocenters. The lowest BCUT2D eigenvalue weighted by Crippen LogP contribution is -3.06. The molecule has 6 aliphatic carbocycles. The van der Waals surface area contributed by atoms with E-state index in [-0.39, 0.29) is 28.5 Å². The van der Waals surface area contributed by atoms with Crippen molar-refractivity contribution in [3.8, 4) is 17.1 Å². The SMILES string of the molecule is O=C(Nc1ccc(OCC(F)(F)F)c(-c2nn[nH]n2)c1)C12C3C4C5C3C1C5C42. The van der Waals surface area contributed by atoms with Gasteiger partial charge in [0.15, 0.2) is 6.61 Å². The van der Waals surface area contributed by atoms with Crippen molar-refractivity contribution in [1.82, 2.24) is 20.6 Å². The average molecular weight is 389 g/mol. The molecule has 7 nitrogen and oxygen atoms in total.